The monoisotopic (exact) mass is 636 g/mol. The molecule has 9 atom stereocenters. The van der Waals surface area contributed by atoms with E-state index in [1.54, 1.807) is 0 Å². The van der Waals surface area contributed by atoms with E-state index in [0.717, 1.165) is 48.5 Å². The Hall–Kier alpha value is -3.87. The van der Waals surface area contributed by atoms with Crippen LogP contribution in [0, 0.1) is 0 Å². The fourth-order valence-corrected chi connectivity index (χ4v) is 4.44. The van der Waals surface area contributed by atoms with Crippen molar-refractivity contribution in [1.82, 2.24) is 0 Å². The molecule has 18 heteroatoms. The lowest BCUT2D eigenvalue weighted by Gasteiger charge is -2.45. The van der Waals surface area contributed by atoms with Gasteiger partial charge in [-0.25, -0.2) is 0 Å². The number of hydrogen-bond acceptors (Lipinski definition) is 18. The van der Waals surface area contributed by atoms with Gasteiger partial charge in [0, 0.05) is 48.5 Å². The predicted octanol–water partition coefficient (Wildman–Crippen LogP) is -1.40. The van der Waals surface area contributed by atoms with Gasteiger partial charge in [0.05, 0.1) is 0 Å². The normalized spacial score (nSPS) is 31.2. The van der Waals surface area contributed by atoms with Crippen LogP contribution in [0.4, 0.5) is 0 Å². The van der Waals surface area contributed by atoms with E-state index in [1.807, 2.05) is 0 Å². The van der Waals surface area contributed by atoms with Crippen molar-refractivity contribution in [2.75, 3.05) is 19.8 Å². The first-order valence-corrected chi connectivity index (χ1v) is 13.2. The molecule has 0 aromatic rings. The fraction of sp³-hybridized carbons (Fsp3) is 0.731. The highest BCUT2D eigenvalue weighted by molar-refractivity contribution is 5.69. The fourth-order valence-electron chi connectivity index (χ4n) is 4.44. The summed E-state index contributed by atoms with van der Waals surface area (Å²) >= 11 is 0. The third-order valence-electron chi connectivity index (χ3n) is 5.96. The van der Waals surface area contributed by atoms with E-state index in [4.69, 9.17) is 47.4 Å². The van der Waals surface area contributed by atoms with Crippen LogP contribution in [0.3, 0.4) is 0 Å². The summed E-state index contributed by atoms with van der Waals surface area (Å²) in [7, 11) is 0. The van der Waals surface area contributed by atoms with Gasteiger partial charge in [-0.15, -0.1) is 0 Å². The Balaban J connectivity index is 2.70. The van der Waals surface area contributed by atoms with Gasteiger partial charge < -0.3 is 52.5 Å². The summed E-state index contributed by atoms with van der Waals surface area (Å²) in [5, 5.41) is 11.0. The smallest absolute Gasteiger partial charge is 0.303 e. The van der Waals surface area contributed by atoms with Crippen molar-refractivity contribution < 1.29 is 86.0 Å². The predicted molar refractivity (Wildman–Crippen MR) is 135 cm³/mol. The number of rotatable bonds is 12. The lowest BCUT2D eigenvalue weighted by molar-refractivity contribution is -0.384. The van der Waals surface area contributed by atoms with E-state index in [2.05, 4.69) is 0 Å². The van der Waals surface area contributed by atoms with Crippen molar-refractivity contribution in [3.63, 3.8) is 0 Å². The Morgan fingerprint density at radius 1 is 0.591 bits per heavy atom. The molecule has 0 radical (unpaired) electrons. The number of aliphatic hydroxyl groups is 1. The quantitative estimate of drug-likeness (QED) is 0.192. The number of aliphatic hydroxyl groups excluding tert-OH is 1. The molecular formula is C26H36O18. The zero-order chi connectivity index (χ0) is 33.4. The van der Waals surface area contributed by atoms with Crippen LogP contribution in [-0.4, -0.2) is 122 Å². The molecule has 0 saturated carbocycles. The molecule has 2 saturated heterocycles. The van der Waals surface area contributed by atoms with Gasteiger partial charge >= 0.3 is 41.8 Å². The average molecular weight is 637 g/mol. The minimum Gasteiger partial charge on any atom is -0.463 e. The zero-order valence-corrected chi connectivity index (χ0v) is 25.1. The molecule has 0 aliphatic carbocycles. The maximum atomic E-state index is 12.2. The standard InChI is InChI=1S/C26H36O18/c1-11(27)35-8-18-20(34)22(39-15(5)31)23(40-16(6)32)25(42-18)44-26(10-37-13(3)29)24(41-17(7)33)21(38-14(4)30)19(43-26)9-36-12(2)28/h18-25,34H,8-10H2,1-7H3/t18-,19-,20-,21-,22+,23-,24+,25-,26+/m1/s1. The summed E-state index contributed by atoms with van der Waals surface area (Å²) in [6, 6.07) is 0. The molecule has 0 unspecified atom stereocenters. The molecule has 2 aliphatic heterocycles. The van der Waals surface area contributed by atoms with Crippen LogP contribution in [0.25, 0.3) is 0 Å². The molecule has 2 aliphatic rings. The Bertz CT molecular complexity index is 1100. The first kappa shape index (κ1) is 36.3. The number of carbonyl (C=O) groups excluding carboxylic acids is 7. The van der Waals surface area contributed by atoms with Crippen molar-refractivity contribution in [3.8, 4) is 0 Å². The van der Waals surface area contributed by atoms with Crippen molar-refractivity contribution in [2.24, 2.45) is 0 Å². The number of ether oxygens (including phenoxy) is 10. The summed E-state index contributed by atoms with van der Waals surface area (Å²) in [5.41, 5.74) is 0. The molecule has 248 valence electrons. The van der Waals surface area contributed by atoms with Gasteiger partial charge in [0.25, 0.3) is 0 Å². The van der Waals surface area contributed by atoms with Gasteiger partial charge in [-0.2, -0.15) is 0 Å². The van der Waals surface area contributed by atoms with Crippen LogP contribution in [0.2, 0.25) is 0 Å². The number of carbonyl (C=O) groups is 7. The maximum absolute atomic E-state index is 12.2. The van der Waals surface area contributed by atoms with Gasteiger partial charge in [0.1, 0.15) is 38.1 Å². The van der Waals surface area contributed by atoms with Gasteiger partial charge in [-0.3, -0.25) is 33.6 Å². The average Bonchev–Trinajstić information content (AvgIpc) is 3.15. The number of hydrogen-bond donors (Lipinski definition) is 1. The van der Waals surface area contributed by atoms with E-state index in [1.165, 1.54) is 0 Å². The maximum Gasteiger partial charge on any atom is 0.303 e. The molecule has 2 fully saturated rings. The minimum atomic E-state index is -2.44. The first-order chi connectivity index (χ1) is 20.4. The van der Waals surface area contributed by atoms with E-state index in [9.17, 15) is 38.7 Å². The summed E-state index contributed by atoms with van der Waals surface area (Å²) in [6.07, 6.45) is -13.2. The van der Waals surface area contributed by atoms with Crippen LogP contribution in [-0.2, 0) is 80.9 Å². The molecule has 0 bridgehead atoms. The Labute approximate surface area is 251 Å². The van der Waals surface area contributed by atoms with Gasteiger partial charge in [-0.1, -0.05) is 0 Å². The molecule has 2 rings (SSSR count). The van der Waals surface area contributed by atoms with Gasteiger partial charge in [-0.05, 0) is 0 Å². The van der Waals surface area contributed by atoms with Crippen molar-refractivity contribution in [2.45, 2.75) is 103 Å². The van der Waals surface area contributed by atoms with Crippen molar-refractivity contribution >= 4 is 41.8 Å². The second kappa shape index (κ2) is 15.7. The summed E-state index contributed by atoms with van der Waals surface area (Å²) in [4.78, 5) is 83.4. The van der Waals surface area contributed by atoms with Crippen LogP contribution >= 0.6 is 0 Å². The topological polar surface area (TPSA) is 232 Å². The molecule has 1 N–H and O–H groups in total. The Morgan fingerprint density at radius 3 is 1.52 bits per heavy atom. The van der Waals surface area contributed by atoms with Crippen LogP contribution < -0.4 is 0 Å². The van der Waals surface area contributed by atoms with Crippen LogP contribution in [0.1, 0.15) is 48.5 Å². The molecule has 18 nitrogen and oxygen atoms in total. The highest BCUT2D eigenvalue weighted by atomic mass is 16.8. The first-order valence-electron chi connectivity index (χ1n) is 13.2. The molecule has 0 spiro atoms. The Kier molecular flexibility index (Phi) is 13.0. The van der Waals surface area contributed by atoms with E-state index in [-0.39, 0.29) is 0 Å². The zero-order valence-electron chi connectivity index (χ0n) is 25.1. The van der Waals surface area contributed by atoms with Crippen LogP contribution in [0.5, 0.6) is 0 Å². The van der Waals surface area contributed by atoms with Gasteiger partial charge in [0.15, 0.2) is 24.4 Å². The third kappa shape index (κ3) is 10.1. The molecule has 0 aromatic carbocycles. The molecule has 0 amide bonds. The molecular weight excluding hydrogens is 600 g/mol. The highest BCUT2D eigenvalue weighted by Gasteiger charge is 2.64. The molecule has 44 heavy (non-hydrogen) atoms. The molecule has 0 aromatic heterocycles. The Morgan fingerprint density at radius 2 is 1.05 bits per heavy atom. The SMILES string of the molecule is CC(=O)OC[C@H]1O[C@H](O[C@]2(COC(C)=O)O[C@H](COC(C)=O)[C@@H](OC(C)=O)[C@@H]2OC(C)=O)[C@H](OC(C)=O)[C@@H](OC(C)=O)[C@@H]1O. The summed E-state index contributed by atoms with van der Waals surface area (Å²) in [5.74, 6) is -8.51. The highest BCUT2D eigenvalue weighted by Crippen LogP contribution is 2.41. The lowest BCUT2D eigenvalue weighted by atomic mass is 9.98. The van der Waals surface area contributed by atoms with E-state index < -0.39 is 116 Å². The third-order valence-corrected chi connectivity index (χ3v) is 5.96. The second-order valence-electron chi connectivity index (χ2n) is 9.76. The van der Waals surface area contributed by atoms with Crippen LogP contribution in [0.15, 0.2) is 0 Å². The van der Waals surface area contributed by atoms with Gasteiger partial charge in [0.2, 0.25) is 12.1 Å². The molecule has 2 heterocycles. The lowest BCUT2D eigenvalue weighted by Crippen LogP contribution is -2.65. The number of esters is 7. The van der Waals surface area contributed by atoms with Crippen molar-refractivity contribution in [1.29, 1.82) is 0 Å². The minimum absolute atomic E-state index is 0.570. The van der Waals surface area contributed by atoms with E-state index >= 15 is 0 Å². The second-order valence-corrected chi connectivity index (χ2v) is 9.76. The van der Waals surface area contributed by atoms with Crippen molar-refractivity contribution in [3.05, 3.63) is 0 Å². The van der Waals surface area contributed by atoms with E-state index in [0.29, 0.717) is 0 Å². The summed E-state index contributed by atoms with van der Waals surface area (Å²) in [6.45, 7) is 5.19. The largest absolute Gasteiger partial charge is 0.463 e. The summed E-state index contributed by atoms with van der Waals surface area (Å²) < 4.78 is 54.3.